The summed E-state index contributed by atoms with van der Waals surface area (Å²) in [5.74, 6) is 0.616. The van der Waals surface area contributed by atoms with Gasteiger partial charge in [-0.05, 0) is 42.8 Å². The quantitative estimate of drug-likeness (QED) is 0.629. The Balaban J connectivity index is 1.64. The highest BCUT2D eigenvalue weighted by Gasteiger charge is 2.20. The third kappa shape index (κ3) is 4.94. The number of nitrogens with zero attached hydrogens (tertiary/aromatic N) is 4. The minimum absolute atomic E-state index is 0.120. The van der Waals surface area contributed by atoms with Crippen molar-refractivity contribution in [2.75, 3.05) is 33.3 Å². The molecule has 2 aromatic carbocycles. The van der Waals surface area contributed by atoms with Crippen molar-refractivity contribution < 1.29 is 13.9 Å². The van der Waals surface area contributed by atoms with Gasteiger partial charge in [0, 0.05) is 57.0 Å². The summed E-state index contributed by atoms with van der Waals surface area (Å²) in [6.07, 6.45) is 2.94. The minimum Gasteiger partial charge on any atom is -0.497 e. The molecule has 1 aliphatic heterocycles. The highest BCUT2D eigenvalue weighted by molar-refractivity contribution is 5.73. The van der Waals surface area contributed by atoms with Gasteiger partial charge in [-0.15, -0.1) is 0 Å². The summed E-state index contributed by atoms with van der Waals surface area (Å²) >= 11 is 0. The smallest absolute Gasteiger partial charge is 0.219 e. The van der Waals surface area contributed by atoms with Crippen molar-refractivity contribution in [1.82, 2.24) is 19.6 Å². The number of benzene rings is 2. The number of carbonyl (C=O) groups excluding carboxylic acids is 1. The lowest BCUT2D eigenvalue weighted by atomic mass is 10.1. The topological polar surface area (TPSA) is 50.6 Å². The number of hydrogen-bond acceptors (Lipinski definition) is 4. The van der Waals surface area contributed by atoms with Crippen LogP contribution < -0.4 is 4.74 Å². The number of carbonyl (C=O) groups is 1. The van der Waals surface area contributed by atoms with Crippen molar-refractivity contribution in [2.45, 2.75) is 19.9 Å². The van der Waals surface area contributed by atoms with Gasteiger partial charge in [0.2, 0.25) is 5.91 Å². The van der Waals surface area contributed by atoms with Crippen LogP contribution in [-0.4, -0.2) is 58.8 Å². The summed E-state index contributed by atoms with van der Waals surface area (Å²) in [5, 5.41) is 4.80. The molecule has 0 aliphatic carbocycles. The van der Waals surface area contributed by atoms with Gasteiger partial charge in [0.05, 0.1) is 18.5 Å². The van der Waals surface area contributed by atoms with Gasteiger partial charge in [-0.25, -0.2) is 9.07 Å². The summed E-state index contributed by atoms with van der Waals surface area (Å²) in [6, 6.07) is 14.2. The fraction of sp³-hybridized carbons (Fsp3) is 0.333. The molecule has 0 atom stereocenters. The van der Waals surface area contributed by atoms with Gasteiger partial charge >= 0.3 is 0 Å². The second kappa shape index (κ2) is 9.31. The third-order valence-corrected chi connectivity index (χ3v) is 5.65. The molecule has 7 heteroatoms. The number of halogens is 1. The molecule has 0 N–H and O–H groups in total. The first-order valence-corrected chi connectivity index (χ1v) is 10.5. The van der Waals surface area contributed by atoms with Gasteiger partial charge in [0.15, 0.2) is 0 Å². The third-order valence-electron chi connectivity index (χ3n) is 5.65. The average molecular weight is 423 g/mol. The van der Waals surface area contributed by atoms with Crippen LogP contribution in [0.4, 0.5) is 4.39 Å². The first kappa shape index (κ1) is 21.1. The van der Waals surface area contributed by atoms with Crippen molar-refractivity contribution >= 4 is 5.91 Å². The highest BCUT2D eigenvalue weighted by atomic mass is 19.1. The second-order valence-electron chi connectivity index (χ2n) is 7.79. The Morgan fingerprint density at radius 2 is 1.90 bits per heavy atom. The summed E-state index contributed by atoms with van der Waals surface area (Å²) in [5.41, 5.74) is 3.45. The molecular formula is C24H27FN4O2. The van der Waals surface area contributed by atoms with E-state index in [0.29, 0.717) is 6.54 Å². The molecule has 0 spiro atoms. The maximum atomic E-state index is 13.9. The zero-order chi connectivity index (χ0) is 21.8. The lowest BCUT2D eigenvalue weighted by Gasteiger charge is -2.21. The molecular weight excluding hydrogens is 395 g/mol. The molecule has 0 saturated carbocycles. The number of hydrogen-bond donors (Lipinski definition) is 0. The lowest BCUT2D eigenvalue weighted by molar-refractivity contribution is -0.128. The van der Waals surface area contributed by atoms with E-state index in [4.69, 9.17) is 9.84 Å². The van der Waals surface area contributed by atoms with Gasteiger partial charge in [-0.2, -0.15) is 5.10 Å². The maximum absolute atomic E-state index is 13.9. The summed E-state index contributed by atoms with van der Waals surface area (Å²) < 4.78 is 21.0. The Morgan fingerprint density at radius 1 is 1.10 bits per heavy atom. The van der Waals surface area contributed by atoms with Crippen molar-refractivity contribution in [1.29, 1.82) is 0 Å². The summed E-state index contributed by atoms with van der Waals surface area (Å²) in [4.78, 5) is 16.0. The van der Waals surface area contributed by atoms with Crippen LogP contribution in [0.3, 0.4) is 0 Å². The Bertz CT molecular complexity index is 1050. The van der Waals surface area contributed by atoms with E-state index in [1.165, 1.54) is 12.1 Å². The molecule has 1 fully saturated rings. The van der Waals surface area contributed by atoms with Gasteiger partial charge in [0.25, 0.3) is 0 Å². The zero-order valence-corrected chi connectivity index (χ0v) is 17.9. The van der Waals surface area contributed by atoms with Crippen LogP contribution in [0.5, 0.6) is 5.75 Å². The van der Waals surface area contributed by atoms with Crippen molar-refractivity contribution in [2.24, 2.45) is 0 Å². The number of ether oxygens (including phenoxy) is 1. The summed E-state index contributed by atoms with van der Waals surface area (Å²) in [7, 11) is 1.64. The van der Waals surface area contributed by atoms with Gasteiger partial charge in [-0.1, -0.05) is 12.1 Å². The second-order valence-corrected chi connectivity index (χ2v) is 7.79. The van der Waals surface area contributed by atoms with Crippen molar-refractivity contribution in [3.63, 3.8) is 0 Å². The number of aromatic nitrogens is 2. The molecule has 2 heterocycles. The molecule has 1 aliphatic rings. The molecule has 1 aromatic heterocycles. The monoisotopic (exact) mass is 422 g/mol. The molecule has 0 bridgehead atoms. The van der Waals surface area contributed by atoms with E-state index in [9.17, 15) is 9.18 Å². The molecule has 162 valence electrons. The summed E-state index contributed by atoms with van der Waals surface area (Å²) in [6.45, 7) is 5.52. The fourth-order valence-corrected chi connectivity index (χ4v) is 3.96. The predicted molar refractivity (Wildman–Crippen MR) is 118 cm³/mol. The molecule has 1 saturated heterocycles. The standard InChI is InChI=1S/C24H27FN4O2/c1-18(30)28-12-4-11-27(13-14-28)16-20-17-29(22-7-9-23(31-2)10-8-22)26-24(20)19-5-3-6-21(25)15-19/h3,5-10,15,17H,4,11-14,16H2,1-2H3. The Kier molecular flexibility index (Phi) is 6.32. The predicted octanol–water partition coefficient (Wildman–Crippen LogP) is 3.74. The van der Waals surface area contributed by atoms with Crippen LogP contribution in [-0.2, 0) is 11.3 Å². The molecule has 6 nitrogen and oxygen atoms in total. The molecule has 1 amide bonds. The van der Waals surface area contributed by atoms with Gasteiger partial charge in [0.1, 0.15) is 11.6 Å². The minimum atomic E-state index is -0.283. The van der Waals surface area contributed by atoms with Gasteiger partial charge in [-0.3, -0.25) is 9.69 Å². The van der Waals surface area contributed by atoms with Crippen LogP contribution in [0.2, 0.25) is 0 Å². The maximum Gasteiger partial charge on any atom is 0.219 e. The normalized spacial score (nSPS) is 15.0. The van der Waals surface area contributed by atoms with E-state index in [1.807, 2.05) is 46.1 Å². The Morgan fingerprint density at radius 3 is 2.61 bits per heavy atom. The molecule has 3 aromatic rings. The molecule has 31 heavy (non-hydrogen) atoms. The van der Waals surface area contributed by atoms with E-state index in [0.717, 1.165) is 60.9 Å². The van der Waals surface area contributed by atoms with Crippen LogP contribution in [0, 0.1) is 5.82 Å². The largest absolute Gasteiger partial charge is 0.497 e. The Labute approximate surface area is 181 Å². The van der Waals surface area contributed by atoms with Crippen LogP contribution >= 0.6 is 0 Å². The van der Waals surface area contributed by atoms with Crippen molar-refractivity contribution in [3.05, 3.63) is 66.1 Å². The Hall–Kier alpha value is -3.19. The SMILES string of the molecule is COc1ccc(-n2cc(CN3CCCN(C(C)=O)CC3)c(-c3cccc(F)c3)n2)cc1. The molecule has 4 rings (SSSR count). The van der Waals surface area contributed by atoms with E-state index in [2.05, 4.69) is 4.90 Å². The van der Waals surface area contributed by atoms with E-state index < -0.39 is 0 Å². The first-order chi connectivity index (χ1) is 15.0. The lowest BCUT2D eigenvalue weighted by Crippen LogP contribution is -2.33. The first-order valence-electron chi connectivity index (χ1n) is 10.5. The number of methoxy groups -OCH3 is 1. The van der Waals surface area contributed by atoms with Crippen LogP contribution in [0.15, 0.2) is 54.7 Å². The fourth-order valence-electron chi connectivity index (χ4n) is 3.96. The van der Waals surface area contributed by atoms with E-state index in [1.54, 1.807) is 20.1 Å². The van der Waals surface area contributed by atoms with Crippen LogP contribution in [0.1, 0.15) is 18.9 Å². The zero-order valence-electron chi connectivity index (χ0n) is 17.9. The molecule has 0 radical (unpaired) electrons. The van der Waals surface area contributed by atoms with E-state index >= 15 is 0 Å². The number of rotatable bonds is 5. The van der Waals surface area contributed by atoms with Gasteiger partial charge < -0.3 is 9.64 Å². The van der Waals surface area contributed by atoms with Crippen LogP contribution in [0.25, 0.3) is 16.9 Å². The van der Waals surface area contributed by atoms with E-state index in [-0.39, 0.29) is 11.7 Å². The highest BCUT2D eigenvalue weighted by Crippen LogP contribution is 2.26. The molecule has 0 unspecified atom stereocenters. The average Bonchev–Trinajstić information content (AvgIpc) is 3.04. The van der Waals surface area contributed by atoms with Crippen molar-refractivity contribution in [3.8, 4) is 22.7 Å². The number of amides is 1.